The normalized spacial score (nSPS) is 18.7. The molecule has 0 radical (unpaired) electrons. The third kappa shape index (κ3) is 4.36. The third-order valence-corrected chi connectivity index (χ3v) is 7.41. The highest BCUT2D eigenvalue weighted by Gasteiger charge is 2.34. The summed E-state index contributed by atoms with van der Waals surface area (Å²) < 4.78 is 29.0. The predicted molar refractivity (Wildman–Crippen MR) is 102 cm³/mol. The lowest BCUT2D eigenvalue weighted by atomic mass is 10.2. The maximum absolute atomic E-state index is 12.7. The molecule has 1 fully saturated rings. The zero-order valence-corrected chi connectivity index (χ0v) is 16.8. The van der Waals surface area contributed by atoms with Crippen LogP contribution in [0.4, 0.5) is 0 Å². The van der Waals surface area contributed by atoms with E-state index < -0.39 is 9.84 Å². The number of hydrogen-bond donors (Lipinski definition) is 0. The molecule has 0 unspecified atom stereocenters. The molecule has 3 rings (SSSR count). The van der Waals surface area contributed by atoms with Crippen LogP contribution in [0.25, 0.3) is 0 Å². The summed E-state index contributed by atoms with van der Waals surface area (Å²) in [5.41, 5.74) is 0.627. The minimum Gasteiger partial charge on any atom is -0.486 e. The summed E-state index contributed by atoms with van der Waals surface area (Å²) in [6.07, 6.45) is 0.481. The molecule has 1 amide bonds. The minimum atomic E-state index is -3.04. The molecule has 1 aromatic carbocycles. The first-order valence-corrected chi connectivity index (χ1v) is 11.1. The number of thiazole rings is 1. The predicted octanol–water partition coefficient (Wildman–Crippen LogP) is 2.94. The Morgan fingerprint density at radius 1 is 1.38 bits per heavy atom. The topological polar surface area (TPSA) is 76.6 Å². The van der Waals surface area contributed by atoms with Crippen LogP contribution >= 0.6 is 22.9 Å². The number of aromatic nitrogens is 1. The Bertz CT molecular complexity index is 909. The van der Waals surface area contributed by atoms with Crippen LogP contribution in [0.3, 0.4) is 0 Å². The van der Waals surface area contributed by atoms with Gasteiger partial charge in [0.15, 0.2) is 9.84 Å². The second kappa shape index (κ2) is 7.54. The summed E-state index contributed by atoms with van der Waals surface area (Å²) in [6.45, 7) is 2.02. The molecule has 0 spiro atoms. The van der Waals surface area contributed by atoms with Crippen molar-refractivity contribution in [2.24, 2.45) is 0 Å². The van der Waals surface area contributed by atoms with Crippen molar-refractivity contribution in [1.29, 1.82) is 0 Å². The SMILES string of the molecule is Cc1nc(COc2ccc(Cl)cc2)sc1C(=O)N(C)[C@H]1CCS(=O)(=O)C1. The Labute approximate surface area is 161 Å². The fraction of sp³-hybridized carbons (Fsp3) is 0.412. The van der Waals surface area contributed by atoms with E-state index in [4.69, 9.17) is 16.3 Å². The van der Waals surface area contributed by atoms with Crippen LogP contribution in [-0.4, -0.2) is 48.8 Å². The molecule has 140 valence electrons. The fourth-order valence-corrected chi connectivity index (χ4v) is 5.66. The van der Waals surface area contributed by atoms with Gasteiger partial charge in [-0.25, -0.2) is 13.4 Å². The van der Waals surface area contributed by atoms with Gasteiger partial charge in [0.25, 0.3) is 5.91 Å². The molecule has 1 aliphatic rings. The van der Waals surface area contributed by atoms with Gasteiger partial charge in [0, 0.05) is 18.1 Å². The Hall–Kier alpha value is -1.64. The maximum atomic E-state index is 12.7. The van der Waals surface area contributed by atoms with Crippen molar-refractivity contribution in [3.05, 3.63) is 44.9 Å². The summed E-state index contributed by atoms with van der Waals surface area (Å²) in [5.74, 6) is 0.639. The Morgan fingerprint density at radius 3 is 2.69 bits per heavy atom. The highest BCUT2D eigenvalue weighted by atomic mass is 35.5. The summed E-state index contributed by atoms with van der Waals surface area (Å²) in [4.78, 5) is 19.2. The van der Waals surface area contributed by atoms with Crippen molar-refractivity contribution in [1.82, 2.24) is 9.88 Å². The van der Waals surface area contributed by atoms with E-state index in [2.05, 4.69) is 4.98 Å². The van der Waals surface area contributed by atoms with Crippen LogP contribution in [0, 0.1) is 6.92 Å². The van der Waals surface area contributed by atoms with E-state index in [1.807, 2.05) is 0 Å². The summed E-state index contributed by atoms with van der Waals surface area (Å²) in [7, 11) is -1.39. The molecule has 2 aromatic rings. The Kier molecular flexibility index (Phi) is 5.55. The van der Waals surface area contributed by atoms with Crippen LogP contribution in [0.5, 0.6) is 5.75 Å². The molecule has 0 N–H and O–H groups in total. The first-order chi connectivity index (χ1) is 12.2. The minimum absolute atomic E-state index is 0.0274. The average molecular weight is 415 g/mol. The molecule has 26 heavy (non-hydrogen) atoms. The lowest BCUT2D eigenvalue weighted by Crippen LogP contribution is -2.37. The van der Waals surface area contributed by atoms with Crippen LogP contribution in [0.1, 0.15) is 26.8 Å². The summed E-state index contributed by atoms with van der Waals surface area (Å²) in [5, 5.41) is 1.32. The van der Waals surface area contributed by atoms with Crippen molar-refractivity contribution >= 4 is 38.7 Å². The fourth-order valence-electron chi connectivity index (χ4n) is 2.80. The van der Waals surface area contributed by atoms with Gasteiger partial charge in [0.1, 0.15) is 22.2 Å². The molecule has 0 aliphatic carbocycles. The van der Waals surface area contributed by atoms with E-state index >= 15 is 0 Å². The van der Waals surface area contributed by atoms with Crippen molar-refractivity contribution in [3.8, 4) is 5.75 Å². The van der Waals surface area contributed by atoms with Gasteiger partial charge in [0.05, 0.1) is 17.2 Å². The molecular formula is C17H19ClN2O4S2. The highest BCUT2D eigenvalue weighted by Crippen LogP contribution is 2.25. The van der Waals surface area contributed by atoms with Crippen LogP contribution < -0.4 is 4.74 Å². The molecule has 1 saturated heterocycles. The number of ether oxygens (including phenoxy) is 1. The molecule has 0 bridgehead atoms. The van der Waals surface area contributed by atoms with E-state index in [1.165, 1.54) is 16.2 Å². The van der Waals surface area contributed by atoms with E-state index in [1.54, 1.807) is 38.2 Å². The quantitative estimate of drug-likeness (QED) is 0.751. The molecule has 6 nitrogen and oxygen atoms in total. The van der Waals surface area contributed by atoms with Gasteiger partial charge in [-0.05, 0) is 37.6 Å². The van der Waals surface area contributed by atoms with Crippen LogP contribution in [-0.2, 0) is 16.4 Å². The summed E-state index contributed by atoms with van der Waals surface area (Å²) >= 11 is 7.12. The number of sulfone groups is 1. The van der Waals surface area contributed by atoms with Crippen molar-refractivity contribution in [3.63, 3.8) is 0 Å². The third-order valence-electron chi connectivity index (χ3n) is 4.29. The van der Waals surface area contributed by atoms with Crippen molar-refractivity contribution < 1.29 is 17.9 Å². The van der Waals surface area contributed by atoms with Gasteiger partial charge in [-0.2, -0.15) is 0 Å². The van der Waals surface area contributed by atoms with E-state index in [-0.39, 0.29) is 30.1 Å². The van der Waals surface area contributed by atoms with Gasteiger partial charge < -0.3 is 9.64 Å². The molecule has 2 heterocycles. The van der Waals surface area contributed by atoms with Crippen molar-refractivity contribution in [2.75, 3.05) is 18.6 Å². The molecule has 0 saturated carbocycles. The van der Waals surface area contributed by atoms with Crippen LogP contribution in [0.15, 0.2) is 24.3 Å². The zero-order chi connectivity index (χ0) is 18.9. The van der Waals surface area contributed by atoms with Gasteiger partial charge in [-0.1, -0.05) is 11.6 Å². The Balaban J connectivity index is 1.67. The van der Waals surface area contributed by atoms with Gasteiger partial charge in [-0.3, -0.25) is 4.79 Å². The van der Waals surface area contributed by atoms with E-state index in [0.29, 0.717) is 32.8 Å². The zero-order valence-electron chi connectivity index (χ0n) is 14.4. The molecule has 1 aliphatic heterocycles. The number of halogens is 1. The van der Waals surface area contributed by atoms with Gasteiger partial charge in [0.2, 0.25) is 0 Å². The number of aryl methyl sites for hydroxylation is 1. The molecule has 9 heteroatoms. The number of carbonyl (C=O) groups excluding carboxylic acids is 1. The largest absolute Gasteiger partial charge is 0.486 e. The lowest BCUT2D eigenvalue weighted by molar-refractivity contribution is 0.0751. The first kappa shape index (κ1) is 19.1. The highest BCUT2D eigenvalue weighted by molar-refractivity contribution is 7.91. The van der Waals surface area contributed by atoms with Crippen molar-refractivity contribution in [2.45, 2.75) is 26.0 Å². The number of nitrogens with zero attached hydrogens (tertiary/aromatic N) is 2. The average Bonchev–Trinajstić information content (AvgIpc) is 3.15. The Morgan fingerprint density at radius 2 is 2.08 bits per heavy atom. The monoisotopic (exact) mass is 414 g/mol. The molecular weight excluding hydrogens is 396 g/mol. The first-order valence-electron chi connectivity index (χ1n) is 8.07. The summed E-state index contributed by atoms with van der Waals surface area (Å²) in [6, 6.07) is 6.74. The van der Waals surface area contributed by atoms with Gasteiger partial charge >= 0.3 is 0 Å². The van der Waals surface area contributed by atoms with E-state index in [9.17, 15) is 13.2 Å². The van der Waals surface area contributed by atoms with Gasteiger partial charge in [-0.15, -0.1) is 11.3 Å². The second-order valence-corrected chi connectivity index (χ2v) is 9.99. The second-order valence-electron chi connectivity index (χ2n) is 6.24. The van der Waals surface area contributed by atoms with Crippen LogP contribution in [0.2, 0.25) is 5.02 Å². The molecule has 1 atom stereocenters. The smallest absolute Gasteiger partial charge is 0.265 e. The number of benzene rings is 1. The number of carbonyl (C=O) groups is 1. The van der Waals surface area contributed by atoms with E-state index in [0.717, 1.165) is 0 Å². The maximum Gasteiger partial charge on any atom is 0.265 e. The number of hydrogen-bond acceptors (Lipinski definition) is 6. The standard InChI is InChI=1S/C17H19ClN2O4S2/c1-11-16(17(21)20(2)13-7-8-26(22,23)10-13)25-15(19-11)9-24-14-5-3-12(18)4-6-14/h3-6,13H,7-10H2,1-2H3/t13-/m0/s1. The molecule has 1 aromatic heterocycles. The lowest BCUT2D eigenvalue weighted by Gasteiger charge is -2.22. The number of amides is 1. The number of rotatable bonds is 5.